The predicted molar refractivity (Wildman–Crippen MR) is 29.5 cm³/mol. The molecule has 0 spiro atoms. The Morgan fingerprint density at radius 1 is 0.529 bits per heavy atom. The van der Waals surface area contributed by atoms with Gasteiger partial charge in [-0.2, -0.15) is 0 Å². The van der Waals surface area contributed by atoms with Gasteiger partial charge >= 0.3 is 98.8 Å². The summed E-state index contributed by atoms with van der Waals surface area (Å²) in [6.45, 7) is 0. The van der Waals surface area contributed by atoms with E-state index in [-0.39, 0.29) is 98.8 Å². The van der Waals surface area contributed by atoms with E-state index < -0.39 is 23.5 Å². The molecule has 0 aliphatic heterocycles. The standard InChI is InChI=1S/2Eu.3H3O4P/c;;3*1-5(2,3)4/h;;3*(H3,1,2,3,4)/q2*+3;;;/p-6. The molecule has 0 aromatic carbocycles. The van der Waals surface area contributed by atoms with Gasteiger partial charge in [-0.05, 0) is 0 Å². The zero-order valence-corrected chi connectivity index (χ0v) is 14.6. The van der Waals surface area contributed by atoms with Crippen LogP contribution in [-0.4, -0.2) is 14.7 Å². The summed E-state index contributed by atoms with van der Waals surface area (Å²) in [6, 6.07) is 0. The van der Waals surface area contributed by atoms with Gasteiger partial charge in [0.1, 0.15) is 0 Å². The minimum absolute atomic E-state index is 0. The summed E-state index contributed by atoms with van der Waals surface area (Å²) in [5, 5.41) is 0. The summed E-state index contributed by atoms with van der Waals surface area (Å²) in [7, 11) is -15.4. The van der Waals surface area contributed by atoms with Gasteiger partial charge in [0.05, 0.1) is 23.5 Å². The normalized spacial score (nSPS) is 10.4. The van der Waals surface area contributed by atoms with Crippen molar-refractivity contribution in [2.75, 3.05) is 0 Å². The van der Waals surface area contributed by atoms with E-state index in [1.54, 1.807) is 0 Å². The Balaban J connectivity index is -0.0000000400. The second-order valence-electron chi connectivity index (χ2n) is 1.41. The first-order valence-electron chi connectivity index (χ1n) is 2.24. The van der Waals surface area contributed by atoms with Gasteiger partial charge in [0.25, 0.3) is 0 Å². The Hall–Kier alpha value is 3.50. The molecule has 17 heavy (non-hydrogen) atoms. The van der Waals surface area contributed by atoms with Crippen LogP contribution < -0.4 is 29.4 Å². The van der Waals surface area contributed by atoms with Crippen molar-refractivity contribution in [1.82, 2.24) is 0 Å². The molecule has 17 heteroatoms. The van der Waals surface area contributed by atoms with Gasteiger partial charge in [-0.25, -0.2) is 0 Å². The van der Waals surface area contributed by atoms with Crippen LogP contribution in [0.5, 0.6) is 0 Å². The zero-order valence-electron chi connectivity index (χ0n) is 7.11. The summed E-state index contributed by atoms with van der Waals surface area (Å²) in [5.41, 5.74) is 0. The van der Waals surface area contributed by atoms with Gasteiger partial charge in [-0.3, -0.25) is 0 Å². The first-order chi connectivity index (χ1) is 6.00. The first kappa shape index (κ1) is 32.4. The van der Waals surface area contributed by atoms with E-state index in [4.69, 9.17) is 57.7 Å². The molecule has 3 N–H and O–H groups in total. The molecule has 0 atom stereocenters. The number of rotatable bonds is 0. The maximum absolute atomic E-state index is 8.66. The van der Waals surface area contributed by atoms with Gasteiger partial charge in [0.2, 0.25) is 0 Å². The van der Waals surface area contributed by atoms with Crippen LogP contribution in [0.4, 0.5) is 0 Å². The number of phosphoric acid groups is 3. The Morgan fingerprint density at radius 3 is 0.529 bits per heavy atom. The van der Waals surface area contributed by atoms with Crippen LogP contribution in [0.1, 0.15) is 0 Å². The molecule has 0 aliphatic rings. The maximum Gasteiger partial charge on any atom is 3.00 e. The van der Waals surface area contributed by atoms with E-state index in [1.807, 2.05) is 0 Å². The van der Waals surface area contributed by atoms with Crippen molar-refractivity contribution in [3.63, 3.8) is 0 Å². The monoisotopic (exact) mass is 594 g/mol. The van der Waals surface area contributed by atoms with E-state index in [2.05, 4.69) is 0 Å². The Kier molecular flexibility index (Phi) is 27.6. The van der Waals surface area contributed by atoms with Gasteiger partial charge in [0.15, 0.2) is 0 Å². The number of hydrogen-bond acceptors (Lipinski definition) is 9. The molecule has 0 radical (unpaired) electrons. The topological polar surface area (TPSA) is 250 Å². The average molecular weight is 592 g/mol. The Morgan fingerprint density at radius 2 is 0.529 bits per heavy atom. The van der Waals surface area contributed by atoms with Crippen molar-refractivity contribution >= 4 is 23.5 Å². The molecule has 0 heterocycles. The van der Waals surface area contributed by atoms with Crippen LogP contribution in [0.2, 0.25) is 0 Å². The Labute approximate surface area is 176 Å². The molecule has 0 amide bonds. The van der Waals surface area contributed by atoms with Crippen molar-refractivity contribution in [2.45, 2.75) is 0 Å². The molecule has 0 saturated heterocycles. The van der Waals surface area contributed by atoms with E-state index >= 15 is 0 Å². The molecule has 0 saturated carbocycles. The minimum Gasteiger partial charge on any atom is -0.790 e. The molecule has 0 rings (SSSR count). The third kappa shape index (κ3) is 488. The fraction of sp³-hybridized carbons (Fsp3) is 0. The smallest absolute Gasteiger partial charge is 0.790 e. The van der Waals surface area contributed by atoms with Crippen LogP contribution in [0.15, 0.2) is 0 Å². The molecule has 0 aliphatic carbocycles. The molecule has 0 fully saturated rings. The average Bonchev–Trinajstić information content (AvgIpc) is 1.41. The van der Waals surface area contributed by atoms with Crippen molar-refractivity contribution in [1.29, 1.82) is 0 Å². The molecule has 0 aromatic rings. The first-order valence-corrected chi connectivity index (χ1v) is 6.73. The summed E-state index contributed by atoms with van der Waals surface area (Å²) >= 11 is 0. The SMILES string of the molecule is O=P([O-])([O-])O.O=P([O-])([O-])O.O=P([O-])([O-])O.[Eu+3].[Eu+3]. The Bertz CT molecular complexity index is 206. The molecular formula is H3Eu2O12P3. The van der Waals surface area contributed by atoms with Crippen molar-refractivity contribution in [3.05, 3.63) is 0 Å². The zero-order chi connectivity index (χ0) is 13.5. The molecule has 0 bridgehead atoms. The molecular weight excluding hydrogens is 589 g/mol. The maximum atomic E-state index is 8.66. The van der Waals surface area contributed by atoms with Gasteiger partial charge in [0, 0.05) is 0 Å². The summed E-state index contributed by atoms with van der Waals surface area (Å²) in [4.78, 5) is 72.9. The van der Waals surface area contributed by atoms with Gasteiger partial charge < -0.3 is 57.7 Å². The molecule has 0 unspecified atom stereocenters. The third-order valence-corrected chi connectivity index (χ3v) is 0. The fourth-order valence-corrected chi connectivity index (χ4v) is 0. The van der Waals surface area contributed by atoms with E-state index in [0.29, 0.717) is 0 Å². The molecule has 0 aromatic heterocycles. The van der Waals surface area contributed by atoms with Gasteiger partial charge in [-0.1, -0.05) is 0 Å². The van der Waals surface area contributed by atoms with Crippen LogP contribution in [0.3, 0.4) is 0 Å². The van der Waals surface area contributed by atoms with Crippen LogP contribution in [0, 0.1) is 98.8 Å². The summed E-state index contributed by atoms with van der Waals surface area (Å²) in [5.74, 6) is 0. The minimum atomic E-state index is -5.14. The van der Waals surface area contributed by atoms with E-state index in [1.165, 1.54) is 0 Å². The van der Waals surface area contributed by atoms with Crippen LogP contribution in [-0.2, 0) is 13.7 Å². The largest absolute Gasteiger partial charge is 3.00 e. The quantitative estimate of drug-likeness (QED) is 0.222. The molecule has 104 valence electrons. The van der Waals surface area contributed by atoms with Crippen molar-refractivity contribution in [2.24, 2.45) is 0 Å². The number of hydrogen-bond donors (Lipinski definition) is 3. The van der Waals surface area contributed by atoms with E-state index in [0.717, 1.165) is 0 Å². The second-order valence-corrected chi connectivity index (χ2v) is 4.22. The van der Waals surface area contributed by atoms with Crippen molar-refractivity contribution < 1.29 is 156 Å². The summed E-state index contributed by atoms with van der Waals surface area (Å²) in [6.07, 6.45) is 0. The third-order valence-electron chi connectivity index (χ3n) is 0. The second kappa shape index (κ2) is 14.4. The predicted octanol–water partition coefficient (Wildman–Crippen LogP) is -6.58. The van der Waals surface area contributed by atoms with Crippen LogP contribution in [0.25, 0.3) is 0 Å². The van der Waals surface area contributed by atoms with E-state index in [9.17, 15) is 0 Å². The van der Waals surface area contributed by atoms with Crippen molar-refractivity contribution in [3.8, 4) is 0 Å². The fourth-order valence-electron chi connectivity index (χ4n) is 0. The van der Waals surface area contributed by atoms with Crippen LogP contribution >= 0.6 is 23.5 Å². The van der Waals surface area contributed by atoms with Gasteiger partial charge in [-0.15, -0.1) is 0 Å². The molecule has 12 nitrogen and oxygen atoms in total. The summed E-state index contributed by atoms with van der Waals surface area (Å²) < 4.78 is 26.0.